The number of carbonyl (C=O) groups excluding carboxylic acids is 1. The number of aliphatic hydroxyl groups excluding tert-OH is 1. The van der Waals surface area contributed by atoms with Gasteiger partial charge in [-0.25, -0.2) is 4.79 Å². The van der Waals surface area contributed by atoms with Crippen molar-refractivity contribution in [2.24, 2.45) is 5.92 Å². The zero-order valence-corrected chi connectivity index (χ0v) is 63.7. The number of aryl methyl sites for hydroxylation is 8. The molecule has 0 aromatic heterocycles. The van der Waals surface area contributed by atoms with Crippen LogP contribution in [-0.2, 0) is 49.6 Å². The lowest BCUT2D eigenvalue weighted by molar-refractivity contribution is -0.152. The summed E-state index contributed by atoms with van der Waals surface area (Å²) in [5.41, 5.74) is 15.4. The number of hydrogen-bond acceptors (Lipinski definition) is 8. The van der Waals surface area contributed by atoms with Crippen LogP contribution < -0.4 is 4.72 Å². The molecule has 1 aliphatic rings. The van der Waals surface area contributed by atoms with Gasteiger partial charge in [0.1, 0.15) is 19.3 Å². The first-order chi connectivity index (χ1) is 49.1. The molecule has 0 radical (unpaired) electrons. The summed E-state index contributed by atoms with van der Waals surface area (Å²) < 4.78 is 65.2. The molecule has 0 spiro atoms. The van der Waals surface area contributed by atoms with Crippen LogP contribution in [0.3, 0.4) is 0 Å². The van der Waals surface area contributed by atoms with E-state index in [2.05, 4.69) is 162 Å². The fourth-order valence-electron chi connectivity index (χ4n) is 16.2. The lowest BCUT2D eigenvalue weighted by atomic mass is 9.69. The van der Waals surface area contributed by atoms with Crippen LogP contribution in [0, 0.1) is 40.5 Å². The smallest absolute Gasteiger partial charge is 0.389 e. The van der Waals surface area contributed by atoms with Crippen molar-refractivity contribution < 1.29 is 42.0 Å². The van der Waals surface area contributed by atoms with E-state index in [4.69, 9.17) is 18.9 Å². The third-order valence-electron chi connectivity index (χ3n) is 21.8. The third-order valence-corrected chi connectivity index (χ3v) is 22.7. The molecule has 0 aliphatic heterocycles. The summed E-state index contributed by atoms with van der Waals surface area (Å²) in [5.74, 6) is 1.39. The zero-order chi connectivity index (χ0) is 71.4. The molecule has 8 rings (SSSR count). The van der Waals surface area contributed by atoms with E-state index in [1.807, 2.05) is 0 Å². The summed E-state index contributed by atoms with van der Waals surface area (Å²) in [4.78, 5) is 13.1. The molecule has 5 unspecified atom stereocenters. The summed E-state index contributed by atoms with van der Waals surface area (Å²) in [6, 6.07) is 42.6. The first-order valence-corrected chi connectivity index (χ1v) is 40.7. The monoisotopic (exact) mass is 1410 g/mol. The number of aliphatic hydroxyl groups is 1. The molecule has 0 amide bonds. The minimum absolute atomic E-state index is 0.105. The second-order valence-corrected chi connectivity index (χ2v) is 31.0. The van der Waals surface area contributed by atoms with Gasteiger partial charge in [-0.05, 0) is 204 Å². The van der Waals surface area contributed by atoms with Crippen LogP contribution in [-0.4, -0.2) is 74.8 Å². The second-order valence-electron chi connectivity index (χ2n) is 30.1. The molecule has 0 saturated heterocycles. The first kappa shape index (κ1) is 81.4. The summed E-state index contributed by atoms with van der Waals surface area (Å²) in [7, 11) is 0. The van der Waals surface area contributed by atoms with E-state index in [0.29, 0.717) is 50.4 Å². The van der Waals surface area contributed by atoms with Crippen LogP contribution in [0.1, 0.15) is 273 Å². The molecule has 11 heteroatoms. The Morgan fingerprint density at radius 2 is 0.950 bits per heavy atom. The van der Waals surface area contributed by atoms with Crippen molar-refractivity contribution in [2.45, 2.75) is 290 Å². The molecule has 0 fully saturated rings. The van der Waals surface area contributed by atoms with Crippen LogP contribution in [0.4, 0.5) is 13.2 Å². The molecule has 101 heavy (non-hydrogen) atoms. The predicted octanol–water partition coefficient (Wildman–Crippen LogP) is 24.6. The van der Waals surface area contributed by atoms with Gasteiger partial charge >= 0.3 is 12.1 Å². The minimum atomic E-state index is -4.04. The Morgan fingerprint density at radius 3 is 1.48 bits per heavy atom. The highest BCUT2D eigenvalue weighted by Gasteiger charge is 2.33. The number of hydrogen-bond donors (Lipinski definition) is 2. The fourth-order valence-corrected chi connectivity index (χ4v) is 17.0. The van der Waals surface area contributed by atoms with Crippen LogP contribution in [0.2, 0.25) is 0 Å². The van der Waals surface area contributed by atoms with E-state index in [9.17, 15) is 23.1 Å². The molecule has 5 atom stereocenters. The van der Waals surface area contributed by atoms with Crippen LogP contribution in [0.25, 0.3) is 32.3 Å². The van der Waals surface area contributed by atoms with Gasteiger partial charge in [0.2, 0.25) is 0 Å². The Kier molecular flexibility index (Phi) is 36.4. The van der Waals surface area contributed by atoms with Gasteiger partial charge in [-0.1, -0.05) is 275 Å². The molecule has 1 aliphatic carbocycles. The van der Waals surface area contributed by atoms with E-state index in [1.165, 1.54) is 215 Å². The van der Waals surface area contributed by atoms with Crippen molar-refractivity contribution >= 4 is 50.2 Å². The van der Waals surface area contributed by atoms with Gasteiger partial charge < -0.3 is 24.1 Å². The Morgan fingerprint density at radius 1 is 0.515 bits per heavy atom. The van der Waals surface area contributed by atoms with Gasteiger partial charge in [0.05, 0.1) is 25.9 Å². The maximum atomic E-state index is 13.1. The van der Waals surface area contributed by atoms with Crippen molar-refractivity contribution in [3.8, 4) is 0 Å². The van der Waals surface area contributed by atoms with Crippen LogP contribution in [0.5, 0.6) is 0 Å². The number of carbonyl (C=O) groups is 1. The van der Waals surface area contributed by atoms with Gasteiger partial charge in [0.15, 0.2) is 0 Å². The second kappa shape index (κ2) is 45.2. The Balaban J connectivity index is 0.731. The summed E-state index contributed by atoms with van der Waals surface area (Å²) >= 11 is 1.48. The molecule has 7 nitrogen and oxygen atoms in total. The zero-order valence-electron chi connectivity index (χ0n) is 62.9. The summed E-state index contributed by atoms with van der Waals surface area (Å²) in [6.45, 7) is 15.6. The van der Waals surface area contributed by atoms with Crippen molar-refractivity contribution in [3.05, 3.63) is 176 Å². The van der Waals surface area contributed by atoms with Gasteiger partial charge in [0, 0.05) is 31.2 Å². The Hall–Kier alpha value is -5.27. The maximum absolute atomic E-state index is 13.1. The number of ether oxygens (including phenoxy) is 4. The predicted molar refractivity (Wildman–Crippen MR) is 420 cm³/mol. The number of benzene rings is 7. The number of esters is 1. The molecule has 7 aromatic rings. The molecular weight excluding hydrogens is 1280 g/mol. The van der Waals surface area contributed by atoms with Crippen LogP contribution in [0.15, 0.2) is 115 Å². The summed E-state index contributed by atoms with van der Waals surface area (Å²) in [5, 5.41) is 19.4. The molecule has 0 heterocycles. The minimum Gasteiger partial charge on any atom is -0.461 e. The van der Waals surface area contributed by atoms with E-state index >= 15 is 0 Å². The SMILES string of the molecule is Cc1cc(C)c2ccccc2c1CCCCCCCCCCc1c(C)cc(COCC(O)CNSCC(COC(=O)COCCCCCCCCCCCCCC(F)(F)F)OCC2CC(C)C(CCCCCCCCCCc3c(C)cc(C)c4ccccc34)c3ccccc32)c2ccccc12. The van der Waals surface area contributed by atoms with Crippen molar-refractivity contribution in [1.82, 2.24) is 4.72 Å². The molecule has 2 N–H and O–H groups in total. The fraction of sp³-hybridized carbons (Fsp3) is 0.589. The van der Waals surface area contributed by atoms with Crippen LogP contribution >= 0.6 is 11.9 Å². The highest BCUT2D eigenvalue weighted by molar-refractivity contribution is 7.97. The quantitative estimate of drug-likeness (QED) is 0.0222. The van der Waals surface area contributed by atoms with Crippen molar-refractivity contribution in [2.75, 3.05) is 45.3 Å². The number of nitrogens with one attached hydrogen (secondary N) is 1. The van der Waals surface area contributed by atoms with Gasteiger partial charge in [-0.2, -0.15) is 13.2 Å². The number of halogens is 3. The number of rotatable bonds is 51. The molecule has 0 saturated carbocycles. The van der Waals surface area contributed by atoms with E-state index in [-0.39, 0.29) is 38.3 Å². The highest BCUT2D eigenvalue weighted by atomic mass is 32.2. The maximum Gasteiger partial charge on any atom is 0.389 e. The van der Waals surface area contributed by atoms with Gasteiger partial charge in [-0.3, -0.25) is 4.72 Å². The van der Waals surface area contributed by atoms with Gasteiger partial charge in [-0.15, -0.1) is 0 Å². The molecule has 554 valence electrons. The third kappa shape index (κ3) is 27.9. The topological polar surface area (TPSA) is 86.2 Å². The standard InChI is InChI=1S/C90H126F3NO6S/c1-67-56-69(3)79-46-32-36-50-85(79)77(67)42-28-22-16-10-12-18-24-30-44-81-71(5)58-73(83-48-34-38-52-87(81)83)61-98-63-75(95)60-94-101-66-76(64-100-89(96)65-97-55-41-27-21-15-9-7-8-14-20-26-40-54-90(91,92)93)99-62-74-59-72(6)82(88-53-39-35-49-84(74)88)45-31-25-19-13-11-17-23-29-43-78-68(2)57-70(4)80-47-33-37-51-86(78)80/h32-39,46-53,56-58,72,74-76,82,94-95H,7-31,40-45,54-55,59-66H2,1-6H3. The Labute approximate surface area is 611 Å². The number of unbranched alkanes of at least 4 members (excludes halogenated alkanes) is 24. The Bertz CT molecular complexity index is 3530. The number of alkyl halides is 3. The largest absolute Gasteiger partial charge is 0.461 e. The molecular formula is C90H126F3NO6S. The van der Waals surface area contributed by atoms with Gasteiger partial charge in [0.25, 0.3) is 0 Å². The average molecular weight is 1410 g/mol. The lowest BCUT2D eigenvalue weighted by Gasteiger charge is -2.37. The highest BCUT2D eigenvalue weighted by Crippen LogP contribution is 2.45. The summed E-state index contributed by atoms with van der Waals surface area (Å²) in [6.07, 6.45) is 30.6. The normalized spacial score (nSPS) is 15.4. The average Bonchev–Trinajstić information content (AvgIpc) is 0.814. The van der Waals surface area contributed by atoms with Crippen molar-refractivity contribution in [3.63, 3.8) is 0 Å². The first-order valence-electron chi connectivity index (χ1n) is 39.7. The van der Waals surface area contributed by atoms with E-state index in [0.717, 1.165) is 82.6 Å². The molecule has 7 aromatic carbocycles. The van der Waals surface area contributed by atoms with E-state index < -0.39 is 24.7 Å². The van der Waals surface area contributed by atoms with Crippen molar-refractivity contribution in [1.29, 1.82) is 0 Å². The van der Waals surface area contributed by atoms with E-state index in [1.54, 1.807) is 0 Å². The number of fused-ring (bicyclic) bond motifs is 4. The lowest BCUT2D eigenvalue weighted by Crippen LogP contribution is -2.32. The molecule has 0 bridgehead atoms.